The van der Waals surface area contributed by atoms with Crippen LogP contribution in [0.5, 0.6) is 0 Å². The zero-order valence-electron chi connectivity index (χ0n) is 12.6. The van der Waals surface area contributed by atoms with Crippen LogP contribution < -0.4 is 5.32 Å². The van der Waals surface area contributed by atoms with E-state index in [0.29, 0.717) is 39.5 Å². The predicted molar refractivity (Wildman–Crippen MR) is 70.0 cm³/mol. The van der Waals surface area contributed by atoms with Crippen LogP contribution in [0.2, 0.25) is 0 Å². The molecular formula is C13H19F3N2O4. The third kappa shape index (κ3) is 3.89. The van der Waals surface area contributed by atoms with Gasteiger partial charge in [0.15, 0.2) is 0 Å². The molecule has 22 heavy (non-hydrogen) atoms. The Morgan fingerprint density at radius 1 is 1.36 bits per heavy atom. The number of likely N-dealkylation sites (tertiary alicyclic amines) is 1. The van der Waals surface area contributed by atoms with Gasteiger partial charge in [-0.25, -0.2) is 4.79 Å². The summed E-state index contributed by atoms with van der Waals surface area (Å²) in [6.45, 7) is 2.84. The lowest BCUT2D eigenvalue weighted by Crippen LogP contribution is -2.51. The van der Waals surface area contributed by atoms with E-state index in [1.165, 1.54) is 4.90 Å². The molecule has 1 aliphatic heterocycles. The zero-order chi connectivity index (χ0) is 17.2. The fourth-order valence-electron chi connectivity index (χ4n) is 2.09. The van der Waals surface area contributed by atoms with E-state index in [9.17, 15) is 27.6 Å². The highest BCUT2D eigenvalue weighted by Gasteiger charge is 2.51. The summed E-state index contributed by atoms with van der Waals surface area (Å²) in [4.78, 5) is 35.7. The average Bonchev–Trinajstić information content (AvgIpc) is 2.77. The van der Waals surface area contributed by atoms with Crippen molar-refractivity contribution in [3.8, 4) is 0 Å². The Morgan fingerprint density at radius 3 is 2.45 bits per heavy atom. The second kappa shape index (κ2) is 6.13. The minimum atomic E-state index is -4.72. The Labute approximate surface area is 126 Å². The number of ether oxygens (including phenoxy) is 1. The fraction of sp³-hybridized carbons (Fsp3) is 0.769. The lowest BCUT2D eigenvalue weighted by atomic mass is 10.0. The second-order valence-corrected chi connectivity index (χ2v) is 5.88. The number of rotatable bonds is 4. The van der Waals surface area contributed by atoms with Crippen LogP contribution in [0.3, 0.4) is 0 Å². The Bertz CT molecular complexity index is 465. The molecule has 0 spiro atoms. The van der Waals surface area contributed by atoms with Crippen LogP contribution in [-0.4, -0.2) is 53.6 Å². The van der Waals surface area contributed by atoms with E-state index in [1.807, 2.05) is 5.32 Å². The quantitative estimate of drug-likeness (QED) is 0.798. The van der Waals surface area contributed by atoms with E-state index < -0.39 is 35.9 Å². The SMILES string of the molecule is CC(C)(OC(=O)NCC(=O)N1CCC[C@@]1(C)C=O)C(F)(F)F. The van der Waals surface area contributed by atoms with E-state index in [2.05, 4.69) is 4.74 Å². The van der Waals surface area contributed by atoms with Crippen LogP contribution in [-0.2, 0) is 14.3 Å². The van der Waals surface area contributed by atoms with Gasteiger partial charge >= 0.3 is 12.3 Å². The summed E-state index contributed by atoms with van der Waals surface area (Å²) < 4.78 is 42.0. The molecule has 2 amide bonds. The van der Waals surface area contributed by atoms with Crippen LogP contribution in [0, 0.1) is 0 Å². The molecule has 1 rings (SSSR count). The highest BCUT2D eigenvalue weighted by molar-refractivity contribution is 5.86. The first kappa shape index (κ1) is 18.2. The average molecular weight is 324 g/mol. The number of halogens is 3. The van der Waals surface area contributed by atoms with Gasteiger partial charge < -0.3 is 19.7 Å². The summed E-state index contributed by atoms with van der Waals surface area (Å²) in [6, 6.07) is 0. The standard InChI is InChI=1S/C13H19F3N2O4/c1-11(2,13(14,15)16)22-10(21)17-7-9(20)18-6-4-5-12(18,3)8-19/h8H,4-7H2,1-3H3,(H,17,21)/t12-/m0/s1. The molecule has 0 aromatic carbocycles. The van der Waals surface area contributed by atoms with Crippen molar-refractivity contribution < 1.29 is 32.3 Å². The minimum Gasteiger partial charge on any atom is -0.434 e. The Kier molecular flexibility index (Phi) is 5.09. The van der Waals surface area contributed by atoms with Crippen molar-refractivity contribution in [2.24, 2.45) is 0 Å². The maximum atomic E-state index is 12.6. The minimum absolute atomic E-state index is 0.360. The normalized spacial score (nSPS) is 22.4. The number of alkyl halides is 3. The molecule has 1 heterocycles. The maximum Gasteiger partial charge on any atom is 0.427 e. The molecule has 6 nitrogen and oxygen atoms in total. The number of hydrogen-bond donors (Lipinski definition) is 1. The van der Waals surface area contributed by atoms with E-state index >= 15 is 0 Å². The zero-order valence-corrected chi connectivity index (χ0v) is 12.6. The monoisotopic (exact) mass is 324 g/mol. The number of carbonyl (C=O) groups excluding carboxylic acids is 3. The third-order valence-electron chi connectivity index (χ3n) is 3.65. The van der Waals surface area contributed by atoms with Crippen molar-refractivity contribution in [2.75, 3.05) is 13.1 Å². The summed E-state index contributed by atoms with van der Waals surface area (Å²) in [7, 11) is 0. The maximum absolute atomic E-state index is 12.6. The van der Waals surface area contributed by atoms with Gasteiger partial charge in [-0.1, -0.05) is 0 Å². The van der Waals surface area contributed by atoms with Gasteiger partial charge in [0, 0.05) is 6.54 Å². The van der Waals surface area contributed by atoms with Crippen molar-refractivity contribution >= 4 is 18.3 Å². The van der Waals surface area contributed by atoms with Crippen LogP contribution in [0.4, 0.5) is 18.0 Å². The largest absolute Gasteiger partial charge is 0.434 e. The molecule has 9 heteroatoms. The topological polar surface area (TPSA) is 75.7 Å². The molecular weight excluding hydrogens is 305 g/mol. The third-order valence-corrected chi connectivity index (χ3v) is 3.65. The molecule has 1 aliphatic rings. The van der Waals surface area contributed by atoms with Crippen LogP contribution in [0.25, 0.3) is 0 Å². The van der Waals surface area contributed by atoms with Crippen LogP contribution in [0.1, 0.15) is 33.6 Å². The Balaban J connectivity index is 2.55. The summed E-state index contributed by atoms with van der Waals surface area (Å²) in [5.74, 6) is -0.547. The fourth-order valence-corrected chi connectivity index (χ4v) is 2.09. The molecule has 0 aliphatic carbocycles. The molecule has 1 N–H and O–H groups in total. The first-order chi connectivity index (χ1) is 9.93. The van der Waals surface area contributed by atoms with Crippen molar-refractivity contribution in [3.05, 3.63) is 0 Å². The molecule has 0 radical (unpaired) electrons. The van der Waals surface area contributed by atoms with Gasteiger partial charge in [0.1, 0.15) is 12.8 Å². The number of nitrogens with one attached hydrogen (secondary N) is 1. The van der Waals surface area contributed by atoms with E-state index in [4.69, 9.17) is 0 Å². The predicted octanol–water partition coefficient (Wildman–Crippen LogP) is 1.63. The lowest BCUT2D eigenvalue weighted by molar-refractivity contribution is -0.243. The molecule has 0 aromatic rings. The van der Waals surface area contributed by atoms with Gasteiger partial charge in [-0.15, -0.1) is 0 Å². The Hall–Kier alpha value is -1.80. The number of aldehydes is 1. The van der Waals surface area contributed by atoms with Gasteiger partial charge in [-0.05, 0) is 33.6 Å². The van der Waals surface area contributed by atoms with Gasteiger partial charge in [-0.2, -0.15) is 13.2 Å². The number of hydrogen-bond acceptors (Lipinski definition) is 4. The molecule has 1 saturated heterocycles. The van der Waals surface area contributed by atoms with Gasteiger partial charge in [-0.3, -0.25) is 4.79 Å². The number of alkyl carbamates (subject to hydrolysis) is 1. The second-order valence-electron chi connectivity index (χ2n) is 5.88. The highest BCUT2D eigenvalue weighted by Crippen LogP contribution is 2.32. The first-order valence-electron chi connectivity index (χ1n) is 6.73. The molecule has 0 unspecified atom stereocenters. The van der Waals surface area contributed by atoms with Gasteiger partial charge in [0.05, 0.1) is 5.54 Å². The summed E-state index contributed by atoms with van der Waals surface area (Å²) in [6.07, 6.45) is -4.26. The number of nitrogens with zero attached hydrogens (tertiary/aromatic N) is 1. The smallest absolute Gasteiger partial charge is 0.427 e. The van der Waals surface area contributed by atoms with Gasteiger partial charge in [0.2, 0.25) is 11.5 Å². The van der Waals surface area contributed by atoms with E-state index in [1.54, 1.807) is 6.92 Å². The summed E-state index contributed by atoms with van der Waals surface area (Å²) in [5, 5.41) is 1.98. The van der Waals surface area contributed by atoms with Crippen molar-refractivity contribution in [1.29, 1.82) is 0 Å². The number of carbonyl (C=O) groups is 3. The van der Waals surface area contributed by atoms with Gasteiger partial charge in [0.25, 0.3) is 0 Å². The summed E-state index contributed by atoms with van der Waals surface area (Å²) in [5.41, 5.74) is -3.60. The van der Waals surface area contributed by atoms with E-state index in [-0.39, 0.29) is 0 Å². The van der Waals surface area contributed by atoms with Crippen LogP contribution >= 0.6 is 0 Å². The molecule has 0 aromatic heterocycles. The van der Waals surface area contributed by atoms with Crippen molar-refractivity contribution in [3.63, 3.8) is 0 Å². The van der Waals surface area contributed by atoms with E-state index in [0.717, 1.165) is 0 Å². The molecule has 0 bridgehead atoms. The first-order valence-corrected chi connectivity index (χ1v) is 6.73. The lowest BCUT2D eigenvalue weighted by Gasteiger charge is -2.30. The van der Waals surface area contributed by atoms with Crippen molar-refractivity contribution in [1.82, 2.24) is 10.2 Å². The molecule has 1 atom stereocenters. The summed E-state index contributed by atoms with van der Waals surface area (Å²) >= 11 is 0. The highest BCUT2D eigenvalue weighted by atomic mass is 19.4. The Morgan fingerprint density at radius 2 is 1.95 bits per heavy atom. The molecule has 1 fully saturated rings. The molecule has 126 valence electrons. The van der Waals surface area contributed by atoms with Crippen molar-refractivity contribution in [2.45, 2.75) is 50.9 Å². The van der Waals surface area contributed by atoms with Crippen LogP contribution in [0.15, 0.2) is 0 Å². The number of amides is 2. The molecule has 0 saturated carbocycles.